The van der Waals surface area contributed by atoms with Gasteiger partial charge in [-0.25, -0.2) is 8.78 Å². The number of nitrogens with zero attached hydrogens (tertiary/aromatic N) is 1. The minimum atomic E-state index is -0.973. The van der Waals surface area contributed by atoms with Crippen LogP contribution in [-0.2, 0) is 0 Å². The number of halogens is 2. The van der Waals surface area contributed by atoms with Crippen LogP contribution >= 0.6 is 0 Å². The van der Waals surface area contributed by atoms with E-state index in [0.717, 1.165) is 31.5 Å². The fraction of sp³-hybridized carbons (Fsp3) is 0.533. The van der Waals surface area contributed by atoms with Gasteiger partial charge in [-0.15, -0.1) is 0 Å². The van der Waals surface area contributed by atoms with Crippen LogP contribution in [0.25, 0.3) is 0 Å². The van der Waals surface area contributed by atoms with E-state index in [0.29, 0.717) is 0 Å². The number of benzene rings is 1. The van der Waals surface area contributed by atoms with Crippen molar-refractivity contribution in [3.8, 4) is 0 Å². The lowest BCUT2D eigenvalue weighted by Gasteiger charge is -2.35. The van der Waals surface area contributed by atoms with Crippen LogP contribution in [0.15, 0.2) is 18.2 Å². The first-order chi connectivity index (χ1) is 8.83. The number of likely N-dealkylation sites (tertiary alicyclic amines) is 1. The van der Waals surface area contributed by atoms with Gasteiger partial charge in [0.25, 0.3) is 0 Å². The SMILES string of the molecule is CC(C(=O)c1ccc(F)c(F)c1)N1CCCC1(C)C. The number of ketones is 1. The molecule has 1 atom stereocenters. The molecule has 1 saturated heterocycles. The van der Waals surface area contributed by atoms with Crippen molar-refractivity contribution in [2.75, 3.05) is 6.54 Å². The van der Waals surface area contributed by atoms with Crippen molar-refractivity contribution in [2.45, 2.75) is 45.2 Å². The highest BCUT2D eigenvalue weighted by molar-refractivity contribution is 5.99. The molecule has 104 valence electrons. The molecule has 0 bridgehead atoms. The van der Waals surface area contributed by atoms with Crippen LogP contribution in [0.2, 0.25) is 0 Å². The van der Waals surface area contributed by atoms with Gasteiger partial charge < -0.3 is 0 Å². The summed E-state index contributed by atoms with van der Waals surface area (Å²) in [6.45, 7) is 6.91. The Labute approximate surface area is 112 Å². The Bertz CT molecular complexity index is 499. The summed E-state index contributed by atoms with van der Waals surface area (Å²) >= 11 is 0. The number of rotatable bonds is 3. The zero-order valence-corrected chi connectivity index (χ0v) is 11.5. The lowest BCUT2D eigenvalue weighted by Crippen LogP contribution is -2.47. The highest BCUT2D eigenvalue weighted by Gasteiger charge is 2.37. The quantitative estimate of drug-likeness (QED) is 0.782. The van der Waals surface area contributed by atoms with Crippen LogP contribution in [0.1, 0.15) is 44.0 Å². The van der Waals surface area contributed by atoms with Gasteiger partial charge in [0.15, 0.2) is 17.4 Å². The fourth-order valence-corrected chi connectivity index (χ4v) is 2.88. The molecule has 1 fully saturated rings. The van der Waals surface area contributed by atoms with Gasteiger partial charge in [-0.1, -0.05) is 0 Å². The summed E-state index contributed by atoms with van der Waals surface area (Å²) in [5.41, 5.74) is 0.210. The van der Waals surface area contributed by atoms with Gasteiger partial charge in [-0.3, -0.25) is 9.69 Å². The normalized spacial score (nSPS) is 20.5. The maximum absolute atomic E-state index is 13.2. The van der Waals surface area contributed by atoms with Gasteiger partial charge in [0.05, 0.1) is 6.04 Å². The fourth-order valence-electron chi connectivity index (χ4n) is 2.88. The molecule has 1 unspecified atom stereocenters. The molecule has 1 heterocycles. The van der Waals surface area contributed by atoms with Crippen LogP contribution in [0.3, 0.4) is 0 Å². The second-order valence-corrected chi connectivity index (χ2v) is 5.78. The van der Waals surface area contributed by atoms with Crippen molar-refractivity contribution in [1.82, 2.24) is 4.90 Å². The second kappa shape index (κ2) is 5.00. The highest BCUT2D eigenvalue weighted by atomic mass is 19.2. The molecule has 0 aromatic heterocycles. The van der Waals surface area contributed by atoms with Gasteiger partial charge in [-0.2, -0.15) is 0 Å². The van der Waals surface area contributed by atoms with E-state index in [1.165, 1.54) is 6.07 Å². The molecular weight excluding hydrogens is 248 g/mol. The molecule has 0 radical (unpaired) electrons. The van der Waals surface area contributed by atoms with E-state index in [-0.39, 0.29) is 22.9 Å². The van der Waals surface area contributed by atoms with Crippen LogP contribution in [0.5, 0.6) is 0 Å². The topological polar surface area (TPSA) is 20.3 Å². The standard InChI is InChI=1S/C15H19F2NO/c1-10(18-8-4-7-15(18,2)3)14(19)11-5-6-12(16)13(17)9-11/h5-6,9-10H,4,7-8H2,1-3H3. The zero-order chi connectivity index (χ0) is 14.2. The van der Waals surface area contributed by atoms with E-state index in [9.17, 15) is 13.6 Å². The van der Waals surface area contributed by atoms with E-state index >= 15 is 0 Å². The zero-order valence-electron chi connectivity index (χ0n) is 11.5. The molecule has 1 aromatic rings. The molecule has 0 N–H and O–H groups in total. The summed E-state index contributed by atoms with van der Waals surface area (Å²) < 4.78 is 26.1. The Hall–Kier alpha value is -1.29. The number of Topliss-reactive ketones (excluding diaryl/α,β-unsaturated/α-hetero) is 1. The first-order valence-corrected chi connectivity index (χ1v) is 6.59. The van der Waals surface area contributed by atoms with Crippen molar-refractivity contribution < 1.29 is 13.6 Å². The number of carbonyl (C=O) groups is 1. The Morgan fingerprint density at radius 1 is 1.32 bits per heavy atom. The van der Waals surface area contributed by atoms with Crippen LogP contribution in [0.4, 0.5) is 8.78 Å². The average molecular weight is 267 g/mol. The van der Waals surface area contributed by atoms with Crippen molar-refractivity contribution in [2.24, 2.45) is 0 Å². The number of hydrogen-bond donors (Lipinski definition) is 0. The third kappa shape index (κ3) is 2.68. The molecule has 4 heteroatoms. The average Bonchev–Trinajstić information content (AvgIpc) is 2.70. The predicted molar refractivity (Wildman–Crippen MR) is 70.2 cm³/mol. The molecule has 0 saturated carbocycles. The summed E-state index contributed by atoms with van der Waals surface area (Å²) in [6, 6.07) is 3.02. The van der Waals surface area contributed by atoms with Gasteiger partial charge in [0.1, 0.15) is 0 Å². The monoisotopic (exact) mass is 267 g/mol. The van der Waals surface area contributed by atoms with E-state index in [2.05, 4.69) is 18.7 Å². The van der Waals surface area contributed by atoms with E-state index in [1.54, 1.807) is 0 Å². The molecule has 0 amide bonds. The predicted octanol–water partition coefficient (Wildman–Crippen LogP) is 3.41. The Morgan fingerprint density at radius 2 is 2.00 bits per heavy atom. The minimum Gasteiger partial charge on any atom is -0.292 e. The van der Waals surface area contributed by atoms with Gasteiger partial charge >= 0.3 is 0 Å². The van der Waals surface area contributed by atoms with E-state index < -0.39 is 11.6 Å². The minimum absolute atomic E-state index is 0.0202. The summed E-state index contributed by atoms with van der Waals surface area (Å²) in [6.07, 6.45) is 2.10. The lowest BCUT2D eigenvalue weighted by molar-refractivity contribution is 0.0721. The number of hydrogen-bond acceptors (Lipinski definition) is 2. The van der Waals surface area contributed by atoms with Gasteiger partial charge in [0, 0.05) is 11.1 Å². The Balaban J connectivity index is 2.21. The molecule has 1 aliphatic rings. The van der Waals surface area contributed by atoms with Crippen LogP contribution in [-0.4, -0.2) is 28.8 Å². The molecule has 2 nitrogen and oxygen atoms in total. The van der Waals surface area contributed by atoms with E-state index in [1.807, 2.05) is 6.92 Å². The van der Waals surface area contributed by atoms with Crippen LogP contribution < -0.4 is 0 Å². The van der Waals surface area contributed by atoms with Crippen molar-refractivity contribution in [1.29, 1.82) is 0 Å². The first kappa shape index (κ1) is 14.1. The summed E-state index contributed by atoms with van der Waals surface area (Å²) in [7, 11) is 0. The van der Waals surface area contributed by atoms with E-state index in [4.69, 9.17) is 0 Å². The largest absolute Gasteiger partial charge is 0.292 e. The van der Waals surface area contributed by atoms with Crippen molar-refractivity contribution in [3.05, 3.63) is 35.4 Å². The van der Waals surface area contributed by atoms with Crippen molar-refractivity contribution >= 4 is 5.78 Å². The number of carbonyl (C=O) groups excluding carboxylic acids is 1. The Morgan fingerprint density at radius 3 is 2.53 bits per heavy atom. The maximum Gasteiger partial charge on any atom is 0.179 e. The molecular formula is C15H19F2NO. The lowest BCUT2D eigenvalue weighted by atomic mass is 9.97. The summed E-state index contributed by atoms with van der Waals surface area (Å²) in [4.78, 5) is 14.5. The molecule has 1 aromatic carbocycles. The summed E-state index contributed by atoms with van der Waals surface area (Å²) in [5.74, 6) is -2.06. The van der Waals surface area contributed by atoms with Gasteiger partial charge in [0.2, 0.25) is 0 Å². The molecule has 0 aliphatic carbocycles. The third-order valence-electron chi connectivity index (χ3n) is 4.02. The third-order valence-corrected chi connectivity index (χ3v) is 4.02. The van der Waals surface area contributed by atoms with Crippen molar-refractivity contribution in [3.63, 3.8) is 0 Å². The molecule has 19 heavy (non-hydrogen) atoms. The van der Waals surface area contributed by atoms with Gasteiger partial charge in [-0.05, 0) is 58.4 Å². The van der Waals surface area contributed by atoms with Crippen LogP contribution in [0, 0.1) is 11.6 Å². The molecule has 0 spiro atoms. The maximum atomic E-state index is 13.2. The highest BCUT2D eigenvalue weighted by Crippen LogP contribution is 2.31. The molecule has 1 aliphatic heterocycles. The Kier molecular flexibility index (Phi) is 3.72. The summed E-state index contributed by atoms with van der Waals surface area (Å²) in [5, 5.41) is 0. The smallest absolute Gasteiger partial charge is 0.179 e. The molecule has 2 rings (SSSR count). The first-order valence-electron chi connectivity index (χ1n) is 6.59. The second-order valence-electron chi connectivity index (χ2n) is 5.78.